The number of nitrogens with one attached hydrogen (secondary N) is 1. The predicted octanol–water partition coefficient (Wildman–Crippen LogP) is 3.92. The molecule has 3 amide bonds. The van der Waals surface area contributed by atoms with Crippen LogP contribution in [0.3, 0.4) is 0 Å². The molecule has 0 radical (unpaired) electrons. The fraction of sp³-hybridized carbons (Fsp3) is 0.227. The van der Waals surface area contributed by atoms with Crippen LogP contribution in [0.1, 0.15) is 30.1 Å². The summed E-state index contributed by atoms with van der Waals surface area (Å²) in [4.78, 5) is 39.0. The minimum absolute atomic E-state index is 0.175. The first-order valence-corrected chi connectivity index (χ1v) is 9.14. The Balaban J connectivity index is 1.50. The van der Waals surface area contributed by atoms with Crippen molar-refractivity contribution in [1.82, 2.24) is 0 Å². The number of allylic oxidation sites excluding steroid dienone is 2. The molecule has 0 spiro atoms. The largest absolute Gasteiger partial charge is 0.322 e. The predicted molar refractivity (Wildman–Crippen MR) is 103 cm³/mol. The second-order valence-corrected chi connectivity index (χ2v) is 7.22. The molecule has 2 aromatic rings. The maximum Gasteiger partial charge on any atom is 0.255 e. The Morgan fingerprint density at radius 3 is 2.32 bits per heavy atom. The molecule has 1 saturated heterocycles. The number of hydrogen-bond acceptors (Lipinski definition) is 3. The van der Waals surface area contributed by atoms with Gasteiger partial charge in [0.25, 0.3) is 5.91 Å². The SMILES string of the molecule is CC1=CC[C@H]2C(=O)N(c3ccc(C(=O)Nc4ccc(F)cc4)cc3)C(=O)[C@H]2C1. The second-order valence-electron chi connectivity index (χ2n) is 7.22. The molecule has 2 atom stereocenters. The van der Waals surface area contributed by atoms with Crippen LogP contribution >= 0.6 is 0 Å². The summed E-state index contributed by atoms with van der Waals surface area (Å²) >= 11 is 0. The number of rotatable bonds is 3. The number of nitrogens with zero attached hydrogens (tertiary/aromatic N) is 1. The van der Waals surface area contributed by atoms with Gasteiger partial charge < -0.3 is 5.32 Å². The Kier molecular flexibility index (Phi) is 4.55. The number of carbonyl (C=O) groups excluding carboxylic acids is 3. The highest BCUT2D eigenvalue weighted by Crippen LogP contribution is 2.39. The first-order chi connectivity index (χ1) is 13.4. The van der Waals surface area contributed by atoms with Gasteiger partial charge in [0.15, 0.2) is 0 Å². The van der Waals surface area contributed by atoms with Gasteiger partial charge in [-0.3, -0.25) is 19.3 Å². The average Bonchev–Trinajstić information content (AvgIpc) is 2.93. The lowest BCUT2D eigenvalue weighted by Crippen LogP contribution is -2.30. The number of fused-ring (bicyclic) bond motifs is 1. The van der Waals surface area contributed by atoms with Gasteiger partial charge in [0.2, 0.25) is 11.8 Å². The van der Waals surface area contributed by atoms with Crippen LogP contribution < -0.4 is 10.2 Å². The lowest BCUT2D eigenvalue weighted by Gasteiger charge is -2.18. The smallest absolute Gasteiger partial charge is 0.255 e. The van der Waals surface area contributed by atoms with E-state index in [1.54, 1.807) is 24.3 Å². The molecule has 5 nitrogen and oxygen atoms in total. The highest BCUT2D eigenvalue weighted by atomic mass is 19.1. The molecule has 1 heterocycles. The molecule has 0 unspecified atom stereocenters. The molecule has 0 aromatic heterocycles. The van der Waals surface area contributed by atoms with Gasteiger partial charge >= 0.3 is 0 Å². The number of imide groups is 1. The normalized spacial score (nSPS) is 21.4. The molecule has 2 aromatic carbocycles. The van der Waals surface area contributed by atoms with Crippen LogP contribution in [0, 0.1) is 17.7 Å². The van der Waals surface area contributed by atoms with E-state index in [1.807, 2.05) is 13.0 Å². The Bertz CT molecular complexity index is 980. The Morgan fingerprint density at radius 2 is 1.64 bits per heavy atom. The van der Waals surface area contributed by atoms with Gasteiger partial charge in [0, 0.05) is 11.3 Å². The molecule has 2 aliphatic rings. The zero-order chi connectivity index (χ0) is 19.8. The van der Waals surface area contributed by atoms with E-state index in [0.29, 0.717) is 29.8 Å². The van der Waals surface area contributed by atoms with Crippen LogP contribution in [0.15, 0.2) is 60.2 Å². The number of anilines is 2. The maximum absolute atomic E-state index is 13.0. The summed E-state index contributed by atoms with van der Waals surface area (Å²) < 4.78 is 13.0. The number of benzene rings is 2. The Hall–Kier alpha value is -3.28. The van der Waals surface area contributed by atoms with Crippen LogP contribution in [0.2, 0.25) is 0 Å². The molecule has 1 aliphatic heterocycles. The molecule has 1 aliphatic carbocycles. The third-order valence-corrected chi connectivity index (χ3v) is 5.31. The third-order valence-electron chi connectivity index (χ3n) is 5.31. The second kappa shape index (κ2) is 7.03. The highest BCUT2D eigenvalue weighted by molar-refractivity contribution is 6.22. The summed E-state index contributed by atoms with van der Waals surface area (Å²) in [6, 6.07) is 11.8. The molecule has 142 valence electrons. The summed E-state index contributed by atoms with van der Waals surface area (Å²) in [7, 11) is 0. The van der Waals surface area contributed by atoms with Crippen LogP contribution in [0.4, 0.5) is 15.8 Å². The van der Waals surface area contributed by atoms with Crippen molar-refractivity contribution in [3.05, 3.63) is 71.6 Å². The fourth-order valence-corrected chi connectivity index (χ4v) is 3.79. The van der Waals surface area contributed by atoms with Gasteiger partial charge in [-0.25, -0.2) is 4.39 Å². The summed E-state index contributed by atoms with van der Waals surface area (Å²) in [6.07, 6.45) is 3.23. The quantitative estimate of drug-likeness (QED) is 0.650. The summed E-state index contributed by atoms with van der Waals surface area (Å²) in [5.74, 6) is -1.68. The van der Waals surface area contributed by atoms with Gasteiger partial charge in [-0.05, 0) is 68.3 Å². The number of halogens is 1. The molecule has 0 bridgehead atoms. The zero-order valence-electron chi connectivity index (χ0n) is 15.3. The molecular weight excluding hydrogens is 359 g/mol. The van der Waals surface area contributed by atoms with Crippen LogP contribution in [0.25, 0.3) is 0 Å². The van der Waals surface area contributed by atoms with Crippen molar-refractivity contribution in [2.45, 2.75) is 19.8 Å². The van der Waals surface area contributed by atoms with Gasteiger partial charge in [0.05, 0.1) is 17.5 Å². The number of amides is 3. The highest BCUT2D eigenvalue weighted by Gasteiger charge is 2.48. The van der Waals surface area contributed by atoms with E-state index in [4.69, 9.17) is 0 Å². The van der Waals surface area contributed by atoms with E-state index < -0.39 is 0 Å². The third kappa shape index (κ3) is 3.22. The van der Waals surface area contributed by atoms with Crippen LogP contribution in [-0.4, -0.2) is 17.7 Å². The van der Waals surface area contributed by atoms with E-state index in [2.05, 4.69) is 5.32 Å². The standard InChI is InChI=1S/C22H19FN2O3/c1-13-2-11-18-19(12-13)22(28)25(21(18)27)17-9-3-14(4-10-17)20(26)24-16-7-5-15(23)6-8-16/h2-10,18-19H,11-12H2,1H3,(H,24,26)/t18-,19+/m1/s1. The molecule has 0 saturated carbocycles. The summed E-state index contributed by atoms with van der Waals surface area (Å²) in [6.45, 7) is 1.98. The van der Waals surface area contributed by atoms with Crippen molar-refractivity contribution < 1.29 is 18.8 Å². The molecular formula is C22H19FN2O3. The lowest BCUT2D eigenvalue weighted by atomic mass is 9.82. The average molecular weight is 378 g/mol. The molecule has 1 fully saturated rings. The first-order valence-electron chi connectivity index (χ1n) is 9.14. The van der Waals surface area contributed by atoms with Crippen molar-refractivity contribution >= 4 is 29.1 Å². The van der Waals surface area contributed by atoms with E-state index >= 15 is 0 Å². The van der Waals surface area contributed by atoms with Crippen molar-refractivity contribution in [2.24, 2.45) is 11.8 Å². The topological polar surface area (TPSA) is 66.5 Å². The minimum Gasteiger partial charge on any atom is -0.322 e. The van der Waals surface area contributed by atoms with Crippen molar-refractivity contribution in [2.75, 3.05) is 10.2 Å². The summed E-state index contributed by atoms with van der Waals surface area (Å²) in [5.41, 5.74) is 2.46. The van der Waals surface area contributed by atoms with Crippen molar-refractivity contribution in [3.8, 4) is 0 Å². The number of hydrogen-bond donors (Lipinski definition) is 1. The molecule has 6 heteroatoms. The minimum atomic E-state index is -0.381. The van der Waals surface area contributed by atoms with Gasteiger partial charge in [0.1, 0.15) is 5.82 Å². The van der Waals surface area contributed by atoms with E-state index in [1.165, 1.54) is 29.2 Å². The molecule has 1 N–H and O–H groups in total. The van der Waals surface area contributed by atoms with Gasteiger partial charge in [-0.1, -0.05) is 11.6 Å². The summed E-state index contributed by atoms with van der Waals surface area (Å²) in [5, 5.41) is 2.68. The zero-order valence-corrected chi connectivity index (χ0v) is 15.3. The molecule has 28 heavy (non-hydrogen) atoms. The molecule has 4 rings (SSSR count). The Morgan fingerprint density at radius 1 is 1.00 bits per heavy atom. The number of carbonyl (C=O) groups is 3. The van der Waals surface area contributed by atoms with E-state index in [0.717, 1.165) is 5.57 Å². The van der Waals surface area contributed by atoms with Gasteiger partial charge in [-0.2, -0.15) is 0 Å². The lowest BCUT2D eigenvalue weighted by molar-refractivity contribution is -0.122. The fourth-order valence-electron chi connectivity index (χ4n) is 3.79. The van der Waals surface area contributed by atoms with Gasteiger partial charge in [-0.15, -0.1) is 0 Å². The Labute approximate surface area is 161 Å². The van der Waals surface area contributed by atoms with Crippen LogP contribution in [-0.2, 0) is 9.59 Å². The van der Waals surface area contributed by atoms with E-state index in [-0.39, 0.29) is 35.4 Å². The van der Waals surface area contributed by atoms with Crippen molar-refractivity contribution in [1.29, 1.82) is 0 Å². The maximum atomic E-state index is 13.0. The monoisotopic (exact) mass is 378 g/mol. The van der Waals surface area contributed by atoms with Crippen LogP contribution in [0.5, 0.6) is 0 Å². The first kappa shape index (κ1) is 18.1. The van der Waals surface area contributed by atoms with Crippen molar-refractivity contribution in [3.63, 3.8) is 0 Å². The van der Waals surface area contributed by atoms with E-state index in [9.17, 15) is 18.8 Å².